The third-order valence-electron chi connectivity index (χ3n) is 5.65. The minimum absolute atomic E-state index is 0.440. The summed E-state index contributed by atoms with van der Waals surface area (Å²) in [6, 6.07) is 10.5. The van der Waals surface area contributed by atoms with Crippen LogP contribution in [0.5, 0.6) is 0 Å². The number of rotatable bonds is 7. The minimum atomic E-state index is 0.440. The molecule has 1 heterocycles. The molecule has 3 atom stereocenters. The molecule has 0 saturated heterocycles. The molecule has 0 radical (unpaired) electrons. The molecular formula is C28H33N. The first-order chi connectivity index (χ1) is 14.1. The Hall–Kier alpha value is -2.80. The van der Waals surface area contributed by atoms with Crippen LogP contribution >= 0.6 is 0 Å². The Kier molecular flexibility index (Phi) is 7.30. The van der Waals surface area contributed by atoms with Crippen molar-refractivity contribution >= 4 is 5.69 Å². The first-order valence-electron chi connectivity index (χ1n) is 10.6. The van der Waals surface area contributed by atoms with Crippen molar-refractivity contribution in [2.24, 2.45) is 17.8 Å². The molecule has 2 unspecified atom stereocenters. The van der Waals surface area contributed by atoms with Crippen molar-refractivity contribution in [1.29, 1.82) is 0 Å². The average molecular weight is 384 g/mol. The zero-order chi connectivity index (χ0) is 20.6. The molecule has 0 N–H and O–H groups in total. The number of anilines is 1. The quantitative estimate of drug-likeness (QED) is 0.343. The van der Waals surface area contributed by atoms with Gasteiger partial charge in [-0.1, -0.05) is 86.4 Å². The van der Waals surface area contributed by atoms with E-state index in [1.165, 1.54) is 17.0 Å². The van der Waals surface area contributed by atoms with E-state index in [2.05, 4.69) is 117 Å². The fraction of sp³-hybridized carbons (Fsp3) is 0.286. The lowest BCUT2D eigenvalue weighted by molar-refractivity contribution is 0.459. The zero-order valence-electron chi connectivity index (χ0n) is 17.8. The van der Waals surface area contributed by atoms with Gasteiger partial charge in [0.15, 0.2) is 0 Å². The molecule has 0 saturated carbocycles. The second-order valence-corrected chi connectivity index (χ2v) is 8.10. The van der Waals surface area contributed by atoms with Crippen LogP contribution in [0.4, 0.5) is 5.69 Å². The molecule has 0 aromatic heterocycles. The Morgan fingerprint density at radius 2 is 2.03 bits per heavy atom. The summed E-state index contributed by atoms with van der Waals surface area (Å²) in [5.41, 5.74) is 4.69. The van der Waals surface area contributed by atoms with Crippen LogP contribution in [0.1, 0.15) is 33.1 Å². The molecule has 150 valence electrons. The summed E-state index contributed by atoms with van der Waals surface area (Å²) in [7, 11) is 0. The summed E-state index contributed by atoms with van der Waals surface area (Å²) in [6.07, 6.45) is 23.2. The highest BCUT2D eigenvalue weighted by molar-refractivity contribution is 5.61. The SMILES string of the molecule is C=C(/C=C\CC(C)/C=C\C)C[C@@H]1/C=C\C(=C)N(c2ccccc2)C2=CC=CC1C2. The fourth-order valence-electron chi connectivity index (χ4n) is 4.14. The molecule has 1 aromatic rings. The van der Waals surface area contributed by atoms with Crippen LogP contribution in [0.2, 0.25) is 0 Å². The van der Waals surface area contributed by atoms with Gasteiger partial charge in [-0.25, -0.2) is 0 Å². The van der Waals surface area contributed by atoms with Crippen LogP contribution in [0.15, 0.2) is 115 Å². The zero-order valence-corrected chi connectivity index (χ0v) is 17.8. The number of fused-ring (bicyclic) bond motifs is 2. The van der Waals surface area contributed by atoms with E-state index in [1.807, 2.05) is 0 Å². The molecule has 0 spiro atoms. The van der Waals surface area contributed by atoms with Gasteiger partial charge in [0.1, 0.15) is 0 Å². The highest BCUT2D eigenvalue weighted by Gasteiger charge is 2.26. The maximum absolute atomic E-state index is 4.35. The predicted octanol–water partition coefficient (Wildman–Crippen LogP) is 7.76. The van der Waals surface area contributed by atoms with Crippen molar-refractivity contribution in [2.45, 2.75) is 33.1 Å². The van der Waals surface area contributed by atoms with E-state index in [-0.39, 0.29) is 0 Å². The van der Waals surface area contributed by atoms with Crippen molar-refractivity contribution in [3.05, 3.63) is 115 Å². The lowest BCUT2D eigenvalue weighted by atomic mass is 9.80. The molecule has 0 fully saturated rings. The largest absolute Gasteiger partial charge is 0.315 e. The van der Waals surface area contributed by atoms with E-state index in [1.54, 1.807) is 0 Å². The van der Waals surface area contributed by atoms with Crippen LogP contribution in [0.25, 0.3) is 0 Å². The van der Waals surface area contributed by atoms with Gasteiger partial charge in [0.05, 0.1) is 0 Å². The van der Waals surface area contributed by atoms with Crippen molar-refractivity contribution < 1.29 is 0 Å². The standard InChI is InChI=1S/C28H33N/c1-5-11-22(2)12-9-13-23(3)20-26-19-18-24(4)29(27-15-7-6-8-16-27)28-17-10-14-25(26)21-28/h5-11,13-19,22,25-26H,3-4,12,20-21H2,1-2H3/b11-5-,13-9-,19-18-/t22?,25?,26-/m0/s1. The normalized spacial score (nSPS) is 23.7. The van der Waals surface area contributed by atoms with Crippen molar-refractivity contribution in [3.63, 3.8) is 0 Å². The lowest BCUT2D eigenvalue weighted by Crippen LogP contribution is -2.27. The van der Waals surface area contributed by atoms with Crippen molar-refractivity contribution in [1.82, 2.24) is 0 Å². The third kappa shape index (κ3) is 5.60. The van der Waals surface area contributed by atoms with Gasteiger partial charge in [-0.05, 0) is 68.2 Å². The fourth-order valence-corrected chi connectivity index (χ4v) is 4.14. The van der Waals surface area contributed by atoms with Crippen LogP contribution < -0.4 is 4.90 Å². The van der Waals surface area contributed by atoms with Crippen LogP contribution in [0.3, 0.4) is 0 Å². The van der Waals surface area contributed by atoms with E-state index < -0.39 is 0 Å². The Balaban J connectivity index is 1.73. The number of allylic oxidation sites excluding steroid dienone is 11. The van der Waals surface area contributed by atoms with Gasteiger partial charge >= 0.3 is 0 Å². The Bertz CT molecular complexity index is 863. The molecule has 2 aliphatic rings. The topological polar surface area (TPSA) is 3.24 Å². The van der Waals surface area contributed by atoms with E-state index >= 15 is 0 Å². The molecule has 1 aliphatic heterocycles. The molecule has 1 aromatic carbocycles. The summed E-state index contributed by atoms with van der Waals surface area (Å²) in [5, 5.41) is 0. The summed E-state index contributed by atoms with van der Waals surface area (Å²) >= 11 is 0. The highest BCUT2D eigenvalue weighted by Crippen LogP contribution is 2.38. The summed E-state index contributed by atoms with van der Waals surface area (Å²) in [5.74, 6) is 1.50. The van der Waals surface area contributed by atoms with Gasteiger partial charge in [0.2, 0.25) is 0 Å². The Labute approximate surface area is 176 Å². The van der Waals surface area contributed by atoms with Crippen molar-refractivity contribution in [3.8, 4) is 0 Å². The molecule has 1 heteroatoms. The van der Waals surface area contributed by atoms with E-state index in [0.29, 0.717) is 17.8 Å². The minimum Gasteiger partial charge on any atom is -0.315 e. The molecule has 2 bridgehead atoms. The number of hydrogen-bond donors (Lipinski definition) is 0. The molecule has 1 aliphatic carbocycles. The maximum atomic E-state index is 4.35. The summed E-state index contributed by atoms with van der Waals surface area (Å²) in [4.78, 5) is 2.28. The van der Waals surface area contributed by atoms with Crippen LogP contribution in [-0.2, 0) is 0 Å². The van der Waals surface area contributed by atoms with Gasteiger partial charge in [-0.2, -0.15) is 0 Å². The monoisotopic (exact) mass is 383 g/mol. The van der Waals surface area contributed by atoms with Gasteiger partial charge in [0, 0.05) is 17.1 Å². The maximum Gasteiger partial charge on any atom is 0.0458 e. The molecule has 0 amide bonds. The number of benzene rings is 1. The molecule has 1 nitrogen and oxygen atoms in total. The summed E-state index contributed by atoms with van der Waals surface area (Å²) < 4.78 is 0. The van der Waals surface area contributed by atoms with Gasteiger partial charge in [-0.15, -0.1) is 0 Å². The van der Waals surface area contributed by atoms with E-state index in [0.717, 1.165) is 25.0 Å². The van der Waals surface area contributed by atoms with Crippen LogP contribution in [0, 0.1) is 17.8 Å². The van der Waals surface area contributed by atoms with Gasteiger partial charge in [0.25, 0.3) is 0 Å². The predicted molar refractivity (Wildman–Crippen MR) is 128 cm³/mol. The first-order valence-corrected chi connectivity index (χ1v) is 10.6. The number of nitrogens with zero attached hydrogens (tertiary/aromatic N) is 1. The Morgan fingerprint density at radius 3 is 2.79 bits per heavy atom. The number of para-hydroxylation sites is 1. The van der Waals surface area contributed by atoms with E-state index in [4.69, 9.17) is 0 Å². The second-order valence-electron chi connectivity index (χ2n) is 8.10. The van der Waals surface area contributed by atoms with Crippen molar-refractivity contribution in [2.75, 3.05) is 4.90 Å². The molecule has 29 heavy (non-hydrogen) atoms. The average Bonchev–Trinajstić information content (AvgIpc) is 2.72. The summed E-state index contributed by atoms with van der Waals surface area (Å²) in [6.45, 7) is 13.0. The number of hydrogen-bond acceptors (Lipinski definition) is 1. The third-order valence-corrected chi connectivity index (χ3v) is 5.65. The molecular weight excluding hydrogens is 350 g/mol. The van der Waals surface area contributed by atoms with Crippen LogP contribution in [-0.4, -0.2) is 0 Å². The van der Waals surface area contributed by atoms with Gasteiger partial charge < -0.3 is 4.90 Å². The second kappa shape index (κ2) is 10.1. The first kappa shape index (κ1) is 20.9. The Morgan fingerprint density at radius 1 is 1.24 bits per heavy atom. The lowest BCUT2D eigenvalue weighted by Gasteiger charge is -2.35. The van der Waals surface area contributed by atoms with E-state index in [9.17, 15) is 0 Å². The molecule has 3 rings (SSSR count). The highest BCUT2D eigenvalue weighted by atomic mass is 15.2. The van der Waals surface area contributed by atoms with Gasteiger partial charge in [-0.3, -0.25) is 0 Å². The smallest absolute Gasteiger partial charge is 0.0458 e.